The molecule has 0 aliphatic carbocycles. The first kappa shape index (κ1) is 9.37. The molecule has 0 bridgehead atoms. The summed E-state index contributed by atoms with van der Waals surface area (Å²) in [7, 11) is 0. The van der Waals surface area contributed by atoms with E-state index in [1.807, 2.05) is 6.08 Å². The molecule has 1 atom stereocenters. The maximum absolute atomic E-state index is 9.83. The lowest BCUT2D eigenvalue weighted by Crippen LogP contribution is -1.91. The number of hydrogen-bond acceptors (Lipinski definition) is 2. The van der Waals surface area contributed by atoms with E-state index in [1.165, 1.54) is 0 Å². The first-order valence-corrected chi connectivity index (χ1v) is 3.55. The van der Waals surface area contributed by atoms with Crippen LogP contribution >= 0.6 is 0 Å². The number of carbonyl (C=O) groups is 1. The number of unbranched alkanes of at least 4 members (excludes halogenated alkanes) is 2. The average molecular weight is 142 g/mol. The summed E-state index contributed by atoms with van der Waals surface area (Å²) < 4.78 is 0. The van der Waals surface area contributed by atoms with Crippen molar-refractivity contribution < 1.29 is 9.90 Å². The Bertz CT molecular complexity index is 106. The molecule has 0 aliphatic heterocycles. The van der Waals surface area contributed by atoms with E-state index in [9.17, 15) is 4.79 Å². The zero-order valence-corrected chi connectivity index (χ0v) is 6.29. The molecular formula is C8H14O2. The van der Waals surface area contributed by atoms with Crippen LogP contribution in [0, 0.1) is 0 Å². The second-order valence-corrected chi connectivity index (χ2v) is 2.27. The fourth-order valence-corrected chi connectivity index (χ4v) is 0.612. The van der Waals surface area contributed by atoms with Crippen LogP contribution in [-0.2, 0) is 4.79 Å². The Morgan fingerprint density at radius 2 is 2.20 bits per heavy atom. The predicted octanol–water partition coefficient (Wildman–Crippen LogP) is 1.29. The molecule has 0 saturated carbocycles. The zero-order chi connectivity index (χ0) is 7.82. The van der Waals surface area contributed by atoms with Gasteiger partial charge >= 0.3 is 0 Å². The smallest absolute Gasteiger partial charge is 0.120 e. The number of carbonyl (C=O) groups excluding carboxylic acids is 1. The molecule has 0 rings (SSSR count). The van der Waals surface area contributed by atoms with E-state index in [0.29, 0.717) is 6.42 Å². The third-order valence-electron chi connectivity index (χ3n) is 1.11. The Kier molecular flexibility index (Phi) is 6.08. The second kappa shape index (κ2) is 6.49. The van der Waals surface area contributed by atoms with Crippen molar-refractivity contribution in [3.63, 3.8) is 0 Å². The van der Waals surface area contributed by atoms with E-state index in [2.05, 4.69) is 0 Å². The minimum Gasteiger partial charge on any atom is -0.389 e. The van der Waals surface area contributed by atoms with E-state index < -0.39 is 0 Å². The largest absolute Gasteiger partial charge is 0.389 e. The highest BCUT2D eigenvalue weighted by atomic mass is 16.3. The SMILES string of the molecule is C[C@H](O)/C=C/CCCC=O. The molecule has 2 heteroatoms. The number of aliphatic hydroxyl groups excluding tert-OH is 1. The molecule has 2 nitrogen and oxygen atoms in total. The van der Waals surface area contributed by atoms with Crippen LogP contribution in [0.5, 0.6) is 0 Å². The van der Waals surface area contributed by atoms with E-state index in [0.717, 1.165) is 19.1 Å². The topological polar surface area (TPSA) is 37.3 Å². The van der Waals surface area contributed by atoms with Crippen LogP contribution in [0.3, 0.4) is 0 Å². The van der Waals surface area contributed by atoms with Crippen molar-refractivity contribution in [1.29, 1.82) is 0 Å². The maximum atomic E-state index is 9.83. The van der Waals surface area contributed by atoms with Crippen molar-refractivity contribution in [3.05, 3.63) is 12.2 Å². The van der Waals surface area contributed by atoms with Crippen molar-refractivity contribution in [2.75, 3.05) is 0 Å². The predicted molar refractivity (Wildman–Crippen MR) is 40.7 cm³/mol. The monoisotopic (exact) mass is 142 g/mol. The molecule has 0 saturated heterocycles. The molecule has 1 N–H and O–H groups in total. The number of aliphatic hydroxyl groups is 1. The van der Waals surface area contributed by atoms with Gasteiger partial charge < -0.3 is 9.90 Å². The van der Waals surface area contributed by atoms with Crippen LogP contribution < -0.4 is 0 Å². The molecule has 58 valence electrons. The Labute approximate surface area is 61.6 Å². The van der Waals surface area contributed by atoms with Crippen LogP contribution in [0.15, 0.2) is 12.2 Å². The van der Waals surface area contributed by atoms with E-state index >= 15 is 0 Å². The normalized spacial score (nSPS) is 13.8. The van der Waals surface area contributed by atoms with Crippen molar-refractivity contribution in [2.24, 2.45) is 0 Å². The molecule has 0 radical (unpaired) electrons. The summed E-state index contributed by atoms with van der Waals surface area (Å²) in [4.78, 5) is 9.83. The van der Waals surface area contributed by atoms with Gasteiger partial charge in [-0.05, 0) is 19.8 Å². The summed E-state index contributed by atoms with van der Waals surface area (Å²) in [5, 5.41) is 8.75. The number of allylic oxidation sites excluding steroid dienone is 1. The Morgan fingerprint density at radius 3 is 2.70 bits per heavy atom. The van der Waals surface area contributed by atoms with Gasteiger partial charge in [0.1, 0.15) is 6.29 Å². The lowest BCUT2D eigenvalue weighted by Gasteiger charge is -1.92. The van der Waals surface area contributed by atoms with Crippen LogP contribution in [0.4, 0.5) is 0 Å². The summed E-state index contributed by atoms with van der Waals surface area (Å²) in [6.07, 6.45) is 6.55. The lowest BCUT2D eigenvalue weighted by molar-refractivity contribution is -0.107. The van der Waals surface area contributed by atoms with Gasteiger partial charge in [-0.15, -0.1) is 0 Å². The summed E-state index contributed by atoms with van der Waals surface area (Å²) in [6, 6.07) is 0. The summed E-state index contributed by atoms with van der Waals surface area (Å²) in [6.45, 7) is 1.70. The van der Waals surface area contributed by atoms with Crippen molar-refractivity contribution in [3.8, 4) is 0 Å². The quantitative estimate of drug-likeness (QED) is 0.357. The number of rotatable bonds is 5. The number of aldehydes is 1. The summed E-state index contributed by atoms with van der Waals surface area (Å²) >= 11 is 0. The molecule has 0 amide bonds. The van der Waals surface area contributed by atoms with Gasteiger partial charge in [0, 0.05) is 6.42 Å². The molecule has 0 aromatic rings. The van der Waals surface area contributed by atoms with E-state index in [-0.39, 0.29) is 6.10 Å². The van der Waals surface area contributed by atoms with Gasteiger partial charge in [-0.2, -0.15) is 0 Å². The zero-order valence-electron chi connectivity index (χ0n) is 6.29. The van der Waals surface area contributed by atoms with Crippen molar-refractivity contribution in [2.45, 2.75) is 32.3 Å². The minimum absolute atomic E-state index is 0.365. The highest BCUT2D eigenvalue weighted by Gasteiger charge is 1.84. The molecular weight excluding hydrogens is 128 g/mol. The lowest BCUT2D eigenvalue weighted by atomic mass is 10.2. The molecule has 0 aromatic carbocycles. The Balaban J connectivity index is 3.10. The third-order valence-corrected chi connectivity index (χ3v) is 1.11. The van der Waals surface area contributed by atoms with Crippen LogP contribution in [0.1, 0.15) is 26.2 Å². The molecule has 0 fully saturated rings. The standard InChI is InChI=1S/C8H14O2/c1-8(10)6-4-2-3-5-7-9/h4,6-8,10H,2-3,5H2,1H3/b6-4+/t8-/m0/s1. The minimum atomic E-state index is -0.365. The highest BCUT2D eigenvalue weighted by Crippen LogP contribution is 1.94. The highest BCUT2D eigenvalue weighted by molar-refractivity contribution is 5.48. The van der Waals surface area contributed by atoms with E-state index in [1.54, 1.807) is 13.0 Å². The molecule has 0 aliphatic rings. The van der Waals surface area contributed by atoms with Crippen LogP contribution in [0.25, 0.3) is 0 Å². The molecule has 0 unspecified atom stereocenters. The second-order valence-electron chi connectivity index (χ2n) is 2.27. The molecule has 0 spiro atoms. The first-order chi connectivity index (χ1) is 4.77. The maximum Gasteiger partial charge on any atom is 0.120 e. The van der Waals surface area contributed by atoms with Crippen LogP contribution in [-0.4, -0.2) is 17.5 Å². The van der Waals surface area contributed by atoms with E-state index in [4.69, 9.17) is 5.11 Å². The van der Waals surface area contributed by atoms with Crippen molar-refractivity contribution >= 4 is 6.29 Å². The van der Waals surface area contributed by atoms with Gasteiger partial charge in [-0.1, -0.05) is 12.2 Å². The average Bonchev–Trinajstić information content (AvgIpc) is 1.87. The molecule has 10 heavy (non-hydrogen) atoms. The Morgan fingerprint density at radius 1 is 1.50 bits per heavy atom. The van der Waals surface area contributed by atoms with Gasteiger partial charge in [-0.3, -0.25) is 0 Å². The summed E-state index contributed by atoms with van der Waals surface area (Å²) in [5.41, 5.74) is 0. The van der Waals surface area contributed by atoms with Gasteiger partial charge in [0.15, 0.2) is 0 Å². The van der Waals surface area contributed by atoms with Gasteiger partial charge in [0.25, 0.3) is 0 Å². The first-order valence-electron chi connectivity index (χ1n) is 3.55. The fraction of sp³-hybridized carbons (Fsp3) is 0.625. The van der Waals surface area contributed by atoms with Crippen LogP contribution in [0.2, 0.25) is 0 Å². The van der Waals surface area contributed by atoms with Gasteiger partial charge in [0.05, 0.1) is 6.10 Å². The summed E-state index contributed by atoms with van der Waals surface area (Å²) in [5.74, 6) is 0. The molecule has 0 aromatic heterocycles. The molecule has 0 heterocycles. The van der Waals surface area contributed by atoms with Gasteiger partial charge in [-0.25, -0.2) is 0 Å². The fourth-order valence-electron chi connectivity index (χ4n) is 0.612. The third kappa shape index (κ3) is 7.37. The number of hydrogen-bond donors (Lipinski definition) is 1. The van der Waals surface area contributed by atoms with Crippen molar-refractivity contribution in [1.82, 2.24) is 0 Å². The van der Waals surface area contributed by atoms with Gasteiger partial charge in [0.2, 0.25) is 0 Å². The Hall–Kier alpha value is -0.630.